The number of Topliss-reactive ketones (excluding diaryl/α,β-unsaturated/α-hetero) is 1. The van der Waals surface area contributed by atoms with Gasteiger partial charge in [-0.2, -0.15) is 0 Å². The van der Waals surface area contributed by atoms with Gasteiger partial charge in [-0.3, -0.25) is 19.5 Å². The van der Waals surface area contributed by atoms with Crippen LogP contribution in [0.5, 0.6) is 5.88 Å². The Morgan fingerprint density at radius 2 is 2.00 bits per heavy atom. The van der Waals surface area contributed by atoms with Crippen molar-refractivity contribution in [3.63, 3.8) is 0 Å². The molecule has 0 aliphatic heterocycles. The molecule has 2 aromatic rings. The number of alkyl halides is 1. The van der Waals surface area contributed by atoms with Gasteiger partial charge in [0, 0.05) is 6.42 Å². The highest BCUT2D eigenvalue weighted by Gasteiger charge is 2.24. The molecule has 0 saturated heterocycles. The van der Waals surface area contributed by atoms with Crippen LogP contribution in [0.3, 0.4) is 0 Å². The number of hydrogen-bond acceptors (Lipinski definition) is 4. The molecule has 0 aliphatic carbocycles. The zero-order valence-corrected chi connectivity index (χ0v) is 13.1. The number of H-pyrrole nitrogens is 1. The molecule has 116 valence electrons. The molecule has 0 aliphatic rings. The third-order valence-electron chi connectivity index (χ3n) is 2.86. The Balaban J connectivity index is 2.63. The summed E-state index contributed by atoms with van der Waals surface area (Å²) in [6.07, 6.45) is 0.0911. The second kappa shape index (κ2) is 6.81. The van der Waals surface area contributed by atoms with Gasteiger partial charge in [-0.25, -0.2) is 4.68 Å². The van der Waals surface area contributed by atoms with Crippen molar-refractivity contribution < 1.29 is 14.3 Å². The smallest absolute Gasteiger partial charge is 0.312 e. The predicted octanol–water partition coefficient (Wildman–Crippen LogP) is 2.56. The minimum Gasteiger partial charge on any atom is -0.407 e. The largest absolute Gasteiger partial charge is 0.407 e. The Kier molecular flexibility index (Phi) is 5.05. The molecule has 0 radical (unpaired) electrons. The van der Waals surface area contributed by atoms with E-state index in [0.717, 1.165) is 4.68 Å². The van der Waals surface area contributed by atoms with Crippen molar-refractivity contribution in [2.45, 2.75) is 13.3 Å². The van der Waals surface area contributed by atoms with Crippen LogP contribution in [0.25, 0.3) is 5.69 Å². The molecule has 0 atom stereocenters. The van der Waals surface area contributed by atoms with Gasteiger partial charge in [0.05, 0.1) is 16.6 Å². The van der Waals surface area contributed by atoms with E-state index < -0.39 is 23.2 Å². The third-order valence-corrected chi connectivity index (χ3v) is 3.42. The average Bonchev–Trinajstić information content (AvgIpc) is 2.83. The van der Waals surface area contributed by atoms with E-state index >= 15 is 0 Å². The lowest BCUT2D eigenvalue weighted by atomic mass is 10.2. The van der Waals surface area contributed by atoms with E-state index in [2.05, 4.69) is 5.10 Å². The minimum atomic E-state index is -0.683. The second-order valence-corrected chi connectivity index (χ2v) is 4.97. The summed E-state index contributed by atoms with van der Waals surface area (Å²) in [7, 11) is 0. The number of esters is 1. The SMILES string of the molecule is CCC(=O)Oc1[nH]n(-c2ccccc2Cl)c(=O)c1C(=O)CCl. The lowest BCUT2D eigenvalue weighted by molar-refractivity contribution is -0.134. The Morgan fingerprint density at radius 1 is 1.32 bits per heavy atom. The van der Waals surface area contributed by atoms with Gasteiger partial charge in [-0.1, -0.05) is 30.7 Å². The van der Waals surface area contributed by atoms with Crippen LogP contribution in [0.1, 0.15) is 23.7 Å². The summed E-state index contributed by atoms with van der Waals surface area (Å²) >= 11 is 11.5. The number of carbonyl (C=O) groups excluding carboxylic acids is 2. The van der Waals surface area contributed by atoms with Crippen LogP contribution < -0.4 is 10.3 Å². The molecular formula is C14H12Cl2N2O4. The number of rotatable bonds is 5. The molecule has 0 unspecified atom stereocenters. The quantitative estimate of drug-likeness (QED) is 0.514. The first-order chi connectivity index (χ1) is 10.5. The highest BCUT2D eigenvalue weighted by Crippen LogP contribution is 2.21. The lowest BCUT2D eigenvalue weighted by Crippen LogP contribution is -2.21. The summed E-state index contributed by atoms with van der Waals surface area (Å²) in [5.74, 6) is -1.88. The first kappa shape index (κ1) is 16.3. The maximum absolute atomic E-state index is 12.4. The van der Waals surface area contributed by atoms with Crippen LogP contribution >= 0.6 is 23.2 Å². The molecule has 6 nitrogen and oxygen atoms in total. The van der Waals surface area contributed by atoms with Gasteiger partial charge < -0.3 is 4.74 Å². The summed E-state index contributed by atoms with van der Waals surface area (Å²) in [4.78, 5) is 35.7. The molecule has 1 heterocycles. The molecular weight excluding hydrogens is 331 g/mol. The standard InChI is InChI=1S/C14H12Cl2N2O4/c1-2-11(20)22-13-12(10(19)7-15)14(21)18(17-13)9-6-4-3-5-8(9)16/h3-6,17H,2,7H2,1H3. The summed E-state index contributed by atoms with van der Waals surface area (Å²) in [5.41, 5.74) is -0.661. The Hall–Kier alpha value is -2.05. The monoisotopic (exact) mass is 342 g/mol. The number of ketones is 1. The number of carbonyl (C=O) groups is 2. The predicted molar refractivity (Wildman–Crippen MR) is 82.4 cm³/mol. The number of halogens is 2. The van der Waals surface area contributed by atoms with Crippen molar-refractivity contribution >= 4 is 35.0 Å². The van der Waals surface area contributed by atoms with Gasteiger partial charge in [-0.15, -0.1) is 11.6 Å². The number of hydrogen-bond donors (Lipinski definition) is 1. The van der Waals surface area contributed by atoms with Crippen LogP contribution in [0.4, 0.5) is 0 Å². The van der Waals surface area contributed by atoms with E-state index in [9.17, 15) is 14.4 Å². The molecule has 0 spiro atoms. The summed E-state index contributed by atoms with van der Waals surface area (Å²) in [5, 5.41) is 2.88. The van der Waals surface area contributed by atoms with Crippen LogP contribution in [-0.4, -0.2) is 27.4 Å². The molecule has 1 aromatic carbocycles. The first-order valence-electron chi connectivity index (χ1n) is 6.39. The van der Waals surface area contributed by atoms with Crippen molar-refractivity contribution in [2.75, 3.05) is 5.88 Å². The van der Waals surface area contributed by atoms with Crippen LogP contribution in [-0.2, 0) is 4.79 Å². The Morgan fingerprint density at radius 3 is 2.59 bits per heavy atom. The van der Waals surface area contributed by atoms with Gasteiger partial charge in [0.1, 0.15) is 5.56 Å². The van der Waals surface area contributed by atoms with E-state index in [1.54, 1.807) is 31.2 Å². The zero-order valence-electron chi connectivity index (χ0n) is 11.6. The van der Waals surface area contributed by atoms with Gasteiger partial charge >= 0.3 is 5.97 Å². The first-order valence-corrected chi connectivity index (χ1v) is 7.30. The van der Waals surface area contributed by atoms with Crippen molar-refractivity contribution in [3.8, 4) is 11.6 Å². The minimum absolute atomic E-state index is 0.0911. The maximum atomic E-state index is 12.4. The molecule has 22 heavy (non-hydrogen) atoms. The fourth-order valence-corrected chi connectivity index (χ4v) is 2.15. The molecule has 8 heteroatoms. The molecule has 0 fully saturated rings. The molecule has 0 amide bonds. The molecule has 1 aromatic heterocycles. The van der Waals surface area contributed by atoms with Gasteiger partial charge in [0.25, 0.3) is 5.56 Å². The van der Waals surface area contributed by atoms with E-state index in [0.29, 0.717) is 10.7 Å². The van der Waals surface area contributed by atoms with Crippen molar-refractivity contribution in [1.82, 2.24) is 9.78 Å². The van der Waals surface area contributed by atoms with Gasteiger partial charge in [0.2, 0.25) is 5.88 Å². The Bertz CT molecular complexity index is 779. The van der Waals surface area contributed by atoms with Crippen LogP contribution in [0.15, 0.2) is 29.1 Å². The average molecular weight is 343 g/mol. The number of nitrogens with one attached hydrogen (secondary N) is 1. The highest BCUT2D eigenvalue weighted by atomic mass is 35.5. The number of benzene rings is 1. The number of ether oxygens (including phenoxy) is 1. The summed E-state index contributed by atoms with van der Waals surface area (Å²) < 4.78 is 6.04. The van der Waals surface area contributed by atoms with E-state index in [-0.39, 0.29) is 17.9 Å². The fourth-order valence-electron chi connectivity index (χ4n) is 1.79. The number of aromatic amines is 1. The van der Waals surface area contributed by atoms with Crippen molar-refractivity contribution in [1.29, 1.82) is 0 Å². The molecule has 0 saturated carbocycles. The zero-order chi connectivity index (χ0) is 16.3. The lowest BCUT2D eigenvalue weighted by Gasteiger charge is -2.04. The van der Waals surface area contributed by atoms with E-state index in [1.807, 2.05) is 0 Å². The number of nitrogens with zero attached hydrogens (tertiary/aromatic N) is 1. The van der Waals surface area contributed by atoms with Gasteiger partial charge in [-0.05, 0) is 12.1 Å². The fraction of sp³-hybridized carbons (Fsp3) is 0.214. The van der Waals surface area contributed by atoms with Crippen LogP contribution in [0.2, 0.25) is 5.02 Å². The summed E-state index contributed by atoms with van der Waals surface area (Å²) in [6.45, 7) is 1.59. The van der Waals surface area contributed by atoms with Crippen molar-refractivity contribution in [3.05, 3.63) is 45.2 Å². The van der Waals surface area contributed by atoms with E-state index in [4.69, 9.17) is 27.9 Å². The second-order valence-electron chi connectivity index (χ2n) is 4.29. The molecule has 1 N–H and O–H groups in total. The number of para-hydroxylation sites is 1. The summed E-state index contributed by atoms with van der Waals surface area (Å²) in [6, 6.07) is 6.55. The van der Waals surface area contributed by atoms with Gasteiger partial charge in [0.15, 0.2) is 5.78 Å². The highest BCUT2D eigenvalue weighted by molar-refractivity contribution is 6.32. The normalized spacial score (nSPS) is 10.5. The Labute approximate surface area is 135 Å². The molecule has 0 bridgehead atoms. The third kappa shape index (κ3) is 3.08. The maximum Gasteiger partial charge on any atom is 0.312 e. The molecule has 2 rings (SSSR count). The number of aromatic nitrogens is 2. The topological polar surface area (TPSA) is 81.2 Å². The van der Waals surface area contributed by atoms with Crippen LogP contribution in [0, 0.1) is 0 Å². The van der Waals surface area contributed by atoms with Crippen molar-refractivity contribution in [2.24, 2.45) is 0 Å². The van der Waals surface area contributed by atoms with E-state index in [1.165, 1.54) is 0 Å².